The molecule has 0 aliphatic heterocycles. The van der Waals surface area contributed by atoms with Crippen molar-refractivity contribution in [2.45, 2.75) is 33.9 Å². The Morgan fingerprint density at radius 1 is 1.31 bits per heavy atom. The van der Waals surface area contributed by atoms with Gasteiger partial charge in [0.1, 0.15) is 11.1 Å². The first-order chi connectivity index (χ1) is 14.2. The maximum absolute atomic E-state index is 12.9. The third-order valence-electron chi connectivity index (χ3n) is 4.38. The van der Waals surface area contributed by atoms with Gasteiger partial charge in [0, 0.05) is 17.4 Å². The summed E-state index contributed by atoms with van der Waals surface area (Å²) in [6.45, 7) is 0. The van der Waals surface area contributed by atoms with Crippen molar-refractivity contribution in [2.24, 2.45) is 0 Å². The zero-order chi connectivity index (χ0) is 20.2. The molecule has 1 fully saturated rings. The second-order valence-corrected chi connectivity index (χ2v) is 9.46. The van der Waals surface area contributed by atoms with Gasteiger partial charge in [0.25, 0.3) is 5.91 Å². The molecule has 3 aromatic rings. The van der Waals surface area contributed by atoms with Gasteiger partial charge in [-0.1, -0.05) is 53.4 Å². The van der Waals surface area contributed by atoms with E-state index in [0.717, 1.165) is 28.6 Å². The van der Waals surface area contributed by atoms with Gasteiger partial charge in [-0.2, -0.15) is 5.26 Å². The van der Waals surface area contributed by atoms with Gasteiger partial charge in [-0.3, -0.25) is 10.1 Å². The lowest BCUT2D eigenvalue weighted by atomic mass is 10.1. The van der Waals surface area contributed by atoms with Crippen LogP contribution in [0.4, 0.5) is 5.13 Å². The van der Waals surface area contributed by atoms with Gasteiger partial charge in [0.2, 0.25) is 5.13 Å². The molecule has 29 heavy (non-hydrogen) atoms. The highest BCUT2D eigenvalue weighted by Crippen LogP contribution is 2.40. The molecule has 146 valence electrons. The number of nitrogens with one attached hydrogen (secondary N) is 1. The van der Waals surface area contributed by atoms with Crippen LogP contribution in [0.15, 0.2) is 45.8 Å². The van der Waals surface area contributed by atoms with Gasteiger partial charge < -0.3 is 0 Å². The molecular weight excluding hydrogens is 422 g/mol. The fourth-order valence-electron chi connectivity index (χ4n) is 2.77. The van der Waals surface area contributed by atoms with Gasteiger partial charge >= 0.3 is 0 Å². The highest BCUT2D eigenvalue weighted by Gasteiger charge is 2.28. The number of rotatable bonds is 7. The van der Waals surface area contributed by atoms with Crippen molar-refractivity contribution in [3.8, 4) is 6.07 Å². The Balaban J connectivity index is 1.49. The summed E-state index contributed by atoms with van der Waals surface area (Å²) in [7, 11) is 0. The first-order valence-electron chi connectivity index (χ1n) is 8.98. The molecule has 1 saturated carbocycles. The number of nitrogens with zero attached hydrogens (tertiary/aromatic N) is 4. The second-order valence-electron chi connectivity index (χ2n) is 6.47. The molecule has 0 atom stereocenters. The zero-order valence-electron chi connectivity index (χ0n) is 15.6. The number of benzene rings is 1. The van der Waals surface area contributed by atoms with Crippen molar-refractivity contribution in [3.05, 3.63) is 58.8 Å². The van der Waals surface area contributed by atoms with Crippen LogP contribution in [0.1, 0.15) is 45.9 Å². The van der Waals surface area contributed by atoms with Crippen molar-refractivity contribution in [1.29, 1.82) is 5.26 Å². The van der Waals surface area contributed by atoms with E-state index in [2.05, 4.69) is 38.7 Å². The SMILES string of the molecule is CSc1nc(C2CC2)cc(C(=O)Nc2nnc(SCc3ccccc3)s2)c1C#N. The van der Waals surface area contributed by atoms with Crippen LogP contribution in [0.2, 0.25) is 0 Å². The number of hydrogen-bond donors (Lipinski definition) is 1. The Hall–Kier alpha value is -2.41. The molecule has 0 unspecified atom stereocenters. The number of hydrogen-bond acceptors (Lipinski definition) is 8. The third-order valence-corrected chi connectivity index (χ3v) is 7.11. The zero-order valence-corrected chi connectivity index (χ0v) is 18.0. The molecule has 0 saturated heterocycles. The van der Waals surface area contributed by atoms with Crippen molar-refractivity contribution in [3.63, 3.8) is 0 Å². The van der Waals surface area contributed by atoms with E-state index in [1.807, 2.05) is 24.5 Å². The molecule has 0 bridgehead atoms. The van der Waals surface area contributed by atoms with Crippen molar-refractivity contribution >= 4 is 45.9 Å². The maximum atomic E-state index is 12.9. The summed E-state index contributed by atoms with van der Waals surface area (Å²) < 4.78 is 0.780. The molecule has 2 heterocycles. The molecule has 1 aliphatic rings. The average molecular weight is 440 g/mol. The Kier molecular flexibility index (Phi) is 6.13. The molecule has 0 radical (unpaired) electrons. The predicted octanol–water partition coefficient (Wildman–Crippen LogP) is 4.95. The van der Waals surface area contributed by atoms with Crippen LogP contribution >= 0.6 is 34.9 Å². The minimum atomic E-state index is -0.350. The fourth-order valence-corrected chi connectivity index (χ4v) is 5.03. The van der Waals surface area contributed by atoms with Crippen LogP contribution in [0, 0.1) is 11.3 Å². The van der Waals surface area contributed by atoms with E-state index >= 15 is 0 Å². The summed E-state index contributed by atoms with van der Waals surface area (Å²) in [6.07, 6.45) is 4.01. The van der Waals surface area contributed by atoms with E-state index < -0.39 is 0 Å². The number of pyridine rings is 1. The summed E-state index contributed by atoms with van der Waals surface area (Å²) in [6, 6.07) is 14.0. The number of carbonyl (C=O) groups excluding carboxylic acids is 1. The molecule has 9 heteroatoms. The first-order valence-corrected chi connectivity index (χ1v) is 12.0. The molecule has 1 N–H and O–H groups in total. The predicted molar refractivity (Wildman–Crippen MR) is 117 cm³/mol. The molecule has 1 amide bonds. The number of thioether (sulfide) groups is 2. The fraction of sp³-hybridized carbons (Fsp3) is 0.250. The van der Waals surface area contributed by atoms with E-state index in [1.54, 1.807) is 17.8 Å². The lowest BCUT2D eigenvalue weighted by Crippen LogP contribution is -2.15. The summed E-state index contributed by atoms with van der Waals surface area (Å²) in [4.78, 5) is 17.4. The van der Waals surface area contributed by atoms with Gasteiger partial charge in [0.05, 0.1) is 11.1 Å². The van der Waals surface area contributed by atoms with Crippen LogP contribution in [-0.4, -0.2) is 27.3 Å². The van der Waals surface area contributed by atoms with E-state index in [4.69, 9.17) is 0 Å². The second kappa shape index (κ2) is 8.95. The Labute approximate surface area is 181 Å². The van der Waals surface area contributed by atoms with Crippen molar-refractivity contribution < 1.29 is 4.79 Å². The smallest absolute Gasteiger partial charge is 0.259 e. The number of carbonyl (C=O) groups is 1. The number of amides is 1. The molecular formula is C20H17N5OS3. The Morgan fingerprint density at radius 2 is 2.10 bits per heavy atom. The largest absolute Gasteiger partial charge is 0.296 e. The average Bonchev–Trinajstić information content (AvgIpc) is 3.52. The maximum Gasteiger partial charge on any atom is 0.259 e. The lowest BCUT2D eigenvalue weighted by Gasteiger charge is -2.09. The Bertz CT molecular complexity index is 1070. The van der Waals surface area contributed by atoms with Crippen molar-refractivity contribution in [1.82, 2.24) is 15.2 Å². The molecule has 0 spiro atoms. The van der Waals surface area contributed by atoms with Crippen LogP contribution in [0.3, 0.4) is 0 Å². The normalized spacial score (nSPS) is 13.1. The number of aromatic nitrogens is 3. The molecule has 6 nitrogen and oxygen atoms in total. The van der Waals surface area contributed by atoms with Crippen LogP contribution in [-0.2, 0) is 5.75 Å². The highest BCUT2D eigenvalue weighted by atomic mass is 32.2. The van der Waals surface area contributed by atoms with Gasteiger partial charge in [0.15, 0.2) is 4.34 Å². The summed E-state index contributed by atoms with van der Waals surface area (Å²) in [5.41, 5.74) is 2.74. The standard InChI is InChI=1S/C20H17N5OS3/c1-27-18-15(10-21)14(9-16(22-18)13-7-8-13)17(26)23-19-24-25-20(29-19)28-11-12-5-3-2-4-6-12/h2-6,9,13H,7-8,11H2,1H3,(H,23,24,26). The van der Waals surface area contributed by atoms with Gasteiger partial charge in [-0.05, 0) is 30.7 Å². The van der Waals surface area contributed by atoms with Crippen LogP contribution < -0.4 is 5.32 Å². The van der Waals surface area contributed by atoms with Gasteiger partial charge in [-0.15, -0.1) is 22.0 Å². The molecule has 1 aromatic carbocycles. The van der Waals surface area contributed by atoms with E-state index in [0.29, 0.717) is 27.2 Å². The highest BCUT2D eigenvalue weighted by molar-refractivity contribution is 8.00. The minimum absolute atomic E-state index is 0.308. The topological polar surface area (TPSA) is 91.6 Å². The summed E-state index contributed by atoms with van der Waals surface area (Å²) in [5, 5.41) is 21.6. The van der Waals surface area contributed by atoms with Gasteiger partial charge in [-0.25, -0.2) is 4.98 Å². The Morgan fingerprint density at radius 3 is 2.79 bits per heavy atom. The lowest BCUT2D eigenvalue weighted by molar-refractivity contribution is 0.102. The summed E-state index contributed by atoms with van der Waals surface area (Å²) in [5.74, 6) is 0.827. The van der Waals surface area contributed by atoms with Crippen molar-refractivity contribution in [2.75, 3.05) is 11.6 Å². The molecule has 4 rings (SSSR count). The first kappa shape index (κ1) is 19.9. The van der Waals surface area contributed by atoms with Crippen LogP contribution in [0.25, 0.3) is 0 Å². The number of nitriles is 1. The third kappa shape index (κ3) is 4.78. The quantitative estimate of drug-likeness (QED) is 0.411. The molecule has 1 aliphatic carbocycles. The van der Waals surface area contributed by atoms with Crippen LogP contribution in [0.5, 0.6) is 0 Å². The monoisotopic (exact) mass is 439 g/mol. The minimum Gasteiger partial charge on any atom is -0.296 e. The summed E-state index contributed by atoms with van der Waals surface area (Å²) >= 11 is 4.28. The van der Waals surface area contributed by atoms with E-state index in [1.165, 1.54) is 28.7 Å². The van der Waals surface area contributed by atoms with E-state index in [-0.39, 0.29) is 5.91 Å². The number of anilines is 1. The van der Waals surface area contributed by atoms with E-state index in [9.17, 15) is 10.1 Å². The molecule has 2 aromatic heterocycles.